The molecule has 0 radical (unpaired) electrons. The molecule has 0 saturated carbocycles. The lowest BCUT2D eigenvalue weighted by molar-refractivity contribution is -0.123. The molecule has 3 aromatic carbocycles. The van der Waals surface area contributed by atoms with Crippen molar-refractivity contribution in [1.82, 2.24) is 10.6 Å². The summed E-state index contributed by atoms with van der Waals surface area (Å²) in [6.07, 6.45) is -3.17. The van der Waals surface area contributed by atoms with E-state index in [1.165, 1.54) is 36.4 Å². The molecule has 0 saturated heterocycles. The number of carbonyl (C=O) groups excluding carboxylic acids is 2. The number of alkyl halides is 2. The summed E-state index contributed by atoms with van der Waals surface area (Å²) in [4.78, 5) is 34.7. The zero-order valence-electron chi connectivity index (χ0n) is 21.9. The number of benzene rings is 3. The van der Waals surface area contributed by atoms with Crippen LogP contribution in [0.2, 0.25) is 0 Å². The average Bonchev–Trinajstić information content (AvgIpc) is 2.94. The number of alkyl carbamates (subject to hydrolysis) is 1. The van der Waals surface area contributed by atoms with Crippen molar-refractivity contribution in [1.29, 1.82) is 0 Å². The number of unbranched alkanes of at least 4 members (excludes halogenated alkanes) is 1. The van der Waals surface area contributed by atoms with Crippen LogP contribution in [0.4, 0.5) is 13.6 Å². The normalized spacial score (nSPS) is 13.1. The maximum Gasteiger partial charge on any atom is 0.442 e. The van der Waals surface area contributed by atoms with Crippen molar-refractivity contribution in [3.63, 3.8) is 0 Å². The maximum absolute atomic E-state index is 13.0. The first-order valence-corrected chi connectivity index (χ1v) is 14.3. The van der Waals surface area contributed by atoms with E-state index in [0.29, 0.717) is 37.3 Å². The lowest BCUT2D eigenvalue weighted by Crippen LogP contribution is -2.48. The van der Waals surface area contributed by atoms with Crippen LogP contribution in [-0.4, -0.2) is 47.4 Å². The second-order valence-corrected chi connectivity index (χ2v) is 10.6. The minimum atomic E-state index is -5.13. The Hall–Kier alpha value is -4.15. The molecule has 0 fully saturated rings. The number of amides is 2. The van der Waals surface area contributed by atoms with Gasteiger partial charge in [-0.25, -0.2) is 9.36 Å². The monoisotopic (exact) mass is 592 g/mol. The van der Waals surface area contributed by atoms with Gasteiger partial charge in [-0.3, -0.25) is 4.79 Å². The molecule has 1 unspecified atom stereocenters. The van der Waals surface area contributed by atoms with E-state index in [1.807, 2.05) is 6.07 Å². The molecule has 2 atom stereocenters. The first kappa shape index (κ1) is 31.4. The minimum Gasteiger partial charge on any atom is -0.508 e. The molecular formula is C28H31F2N2O8P. The number of phenols is 1. The number of phenolic OH excluding ortho intramolecular Hbond substituents is 1. The van der Waals surface area contributed by atoms with Gasteiger partial charge in [-0.05, 0) is 48.2 Å². The van der Waals surface area contributed by atoms with Crippen molar-refractivity contribution in [2.24, 2.45) is 0 Å². The SMILES string of the molecule is O=C(N[C@@H](Cc1ccc(OP(=O)(O)C(F)F)cc1)C(=O)NCCCCOc1cccc(O)c1)OCc1ccccc1. The molecule has 0 aliphatic heterocycles. The molecule has 0 aliphatic carbocycles. The number of hydrogen-bond donors (Lipinski definition) is 4. The van der Waals surface area contributed by atoms with E-state index in [4.69, 9.17) is 9.47 Å². The number of aromatic hydroxyl groups is 1. The molecule has 3 aromatic rings. The van der Waals surface area contributed by atoms with Crippen LogP contribution in [0.15, 0.2) is 78.9 Å². The zero-order valence-corrected chi connectivity index (χ0v) is 22.8. The van der Waals surface area contributed by atoms with Gasteiger partial charge in [-0.2, -0.15) is 8.78 Å². The lowest BCUT2D eigenvalue weighted by atomic mass is 10.1. The van der Waals surface area contributed by atoms with Crippen LogP contribution in [0.5, 0.6) is 17.2 Å². The number of nitrogens with one attached hydrogen (secondary N) is 2. The van der Waals surface area contributed by atoms with Crippen molar-refractivity contribution in [2.45, 2.75) is 38.1 Å². The minimum absolute atomic E-state index is 0.00239. The fourth-order valence-corrected chi connectivity index (χ4v) is 4.06. The highest BCUT2D eigenvalue weighted by Gasteiger charge is 2.34. The van der Waals surface area contributed by atoms with Gasteiger partial charge in [0, 0.05) is 19.0 Å². The number of hydrogen-bond acceptors (Lipinski definition) is 7. The summed E-state index contributed by atoms with van der Waals surface area (Å²) in [5.74, 6) is -0.100. The van der Waals surface area contributed by atoms with E-state index in [1.54, 1.807) is 36.4 Å². The van der Waals surface area contributed by atoms with Crippen LogP contribution in [0.3, 0.4) is 0 Å². The number of carbonyl (C=O) groups is 2. The molecule has 4 N–H and O–H groups in total. The molecule has 0 spiro atoms. The van der Waals surface area contributed by atoms with Gasteiger partial charge in [0.1, 0.15) is 29.9 Å². The van der Waals surface area contributed by atoms with Crippen LogP contribution in [0, 0.1) is 0 Å². The number of halogens is 2. The molecule has 3 rings (SSSR count). The van der Waals surface area contributed by atoms with Gasteiger partial charge < -0.3 is 34.6 Å². The van der Waals surface area contributed by atoms with Crippen LogP contribution in [0.25, 0.3) is 0 Å². The van der Waals surface area contributed by atoms with Gasteiger partial charge in [-0.15, -0.1) is 0 Å². The molecule has 0 aromatic heterocycles. The summed E-state index contributed by atoms with van der Waals surface area (Å²) in [5, 5.41) is 14.8. The predicted molar refractivity (Wildman–Crippen MR) is 146 cm³/mol. The largest absolute Gasteiger partial charge is 0.508 e. The third kappa shape index (κ3) is 11.1. The van der Waals surface area contributed by atoms with Gasteiger partial charge in [-0.1, -0.05) is 48.5 Å². The van der Waals surface area contributed by atoms with Gasteiger partial charge >= 0.3 is 19.9 Å². The summed E-state index contributed by atoms with van der Waals surface area (Å²) >= 11 is 0. The van der Waals surface area contributed by atoms with Gasteiger partial charge in [0.2, 0.25) is 5.91 Å². The standard InChI is InChI=1S/C28H31F2N2O8P/c29-27(30)41(36,37)40-23-13-11-20(12-14-23)17-25(32-28(35)39-19-21-7-2-1-3-8-21)26(34)31-15-4-5-16-38-24-10-6-9-22(33)18-24/h1-3,6-14,18,25,27,33H,4-5,15-17,19H2,(H,31,34)(H,32,35)(H,36,37)/t25-/m0/s1. The van der Waals surface area contributed by atoms with Crippen LogP contribution < -0.4 is 19.9 Å². The predicted octanol–water partition coefficient (Wildman–Crippen LogP) is 4.99. The first-order chi connectivity index (χ1) is 19.6. The quantitative estimate of drug-likeness (QED) is 0.143. The molecule has 0 heterocycles. The fraction of sp³-hybridized carbons (Fsp3) is 0.286. The summed E-state index contributed by atoms with van der Waals surface area (Å²) in [7, 11) is -5.13. The van der Waals surface area contributed by atoms with Crippen molar-refractivity contribution < 1.29 is 46.9 Å². The molecule has 2 amide bonds. The number of rotatable bonds is 15. The summed E-state index contributed by atoms with van der Waals surface area (Å²) in [5.41, 5.74) is 1.28. The van der Waals surface area contributed by atoms with Gasteiger partial charge in [0.15, 0.2) is 0 Å². The lowest BCUT2D eigenvalue weighted by Gasteiger charge is -2.19. The molecule has 13 heteroatoms. The Morgan fingerprint density at radius 3 is 2.32 bits per heavy atom. The van der Waals surface area contributed by atoms with Crippen LogP contribution in [0.1, 0.15) is 24.0 Å². The summed E-state index contributed by atoms with van der Waals surface area (Å²) in [6, 6.07) is 19.6. The molecular weight excluding hydrogens is 561 g/mol. The third-order valence-electron chi connectivity index (χ3n) is 5.62. The van der Waals surface area contributed by atoms with E-state index in [-0.39, 0.29) is 24.5 Å². The highest BCUT2D eigenvalue weighted by molar-refractivity contribution is 7.53. The van der Waals surface area contributed by atoms with Crippen molar-refractivity contribution >= 4 is 19.6 Å². The third-order valence-corrected chi connectivity index (χ3v) is 6.59. The zero-order chi connectivity index (χ0) is 29.7. The highest BCUT2D eigenvalue weighted by Crippen LogP contribution is 2.48. The smallest absolute Gasteiger partial charge is 0.442 e. The number of ether oxygens (including phenoxy) is 2. The first-order valence-electron chi connectivity index (χ1n) is 12.7. The Morgan fingerprint density at radius 2 is 1.63 bits per heavy atom. The Labute approximate surface area is 235 Å². The van der Waals surface area contributed by atoms with Crippen LogP contribution >= 0.6 is 7.60 Å². The second kappa shape index (κ2) is 15.6. The summed E-state index contributed by atoms with van der Waals surface area (Å²) < 4.78 is 52.0. The Bertz CT molecular complexity index is 1310. The maximum atomic E-state index is 13.0. The van der Waals surface area contributed by atoms with Crippen molar-refractivity contribution in [2.75, 3.05) is 13.2 Å². The average molecular weight is 593 g/mol. The second-order valence-electron chi connectivity index (χ2n) is 8.88. The van der Waals surface area contributed by atoms with E-state index in [0.717, 1.165) is 5.56 Å². The Balaban J connectivity index is 1.54. The van der Waals surface area contributed by atoms with E-state index < -0.39 is 31.8 Å². The van der Waals surface area contributed by atoms with E-state index >= 15 is 0 Å². The highest BCUT2D eigenvalue weighted by atomic mass is 31.2. The van der Waals surface area contributed by atoms with E-state index in [9.17, 15) is 32.9 Å². The molecule has 41 heavy (non-hydrogen) atoms. The van der Waals surface area contributed by atoms with Crippen molar-refractivity contribution in [3.05, 3.63) is 90.0 Å². The van der Waals surface area contributed by atoms with Crippen LogP contribution in [-0.2, 0) is 27.1 Å². The fourth-order valence-electron chi connectivity index (χ4n) is 3.55. The Kier molecular flexibility index (Phi) is 11.9. The van der Waals surface area contributed by atoms with Gasteiger partial charge in [0.05, 0.1) is 6.61 Å². The molecule has 0 bridgehead atoms. The van der Waals surface area contributed by atoms with Crippen molar-refractivity contribution in [3.8, 4) is 17.2 Å². The summed E-state index contributed by atoms with van der Waals surface area (Å²) in [6.45, 7) is 0.664. The Morgan fingerprint density at radius 1 is 0.902 bits per heavy atom. The molecule has 220 valence electrons. The van der Waals surface area contributed by atoms with Gasteiger partial charge in [0.25, 0.3) is 0 Å². The van der Waals surface area contributed by atoms with E-state index in [2.05, 4.69) is 15.2 Å². The topological polar surface area (TPSA) is 143 Å². The molecule has 0 aliphatic rings. The molecule has 10 nitrogen and oxygen atoms in total.